The number of hydrogen-bond acceptors (Lipinski definition) is 4. The van der Waals surface area contributed by atoms with Gasteiger partial charge in [-0.15, -0.1) is 0 Å². The van der Waals surface area contributed by atoms with Gasteiger partial charge in [-0.05, 0) is 38.4 Å². The lowest BCUT2D eigenvalue weighted by Crippen LogP contribution is -2.46. The second-order valence-electron chi connectivity index (χ2n) is 4.68. The number of hydrogen-bond donors (Lipinski definition) is 3. The molecule has 100 valence electrons. The van der Waals surface area contributed by atoms with Crippen molar-refractivity contribution in [2.75, 3.05) is 11.9 Å². The number of nitrogens with one attached hydrogen (secondary N) is 2. The molecule has 1 fully saturated rings. The van der Waals surface area contributed by atoms with Crippen molar-refractivity contribution in [2.45, 2.75) is 36.7 Å². The van der Waals surface area contributed by atoms with Gasteiger partial charge < -0.3 is 10.6 Å². The summed E-state index contributed by atoms with van der Waals surface area (Å²) < 4.78 is 23.0. The van der Waals surface area contributed by atoms with Crippen LogP contribution in [0.3, 0.4) is 0 Å². The van der Waals surface area contributed by atoms with E-state index in [0.29, 0.717) is 11.7 Å². The van der Waals surface area contributed by atoms with Crippen molar-refractivity contribution in [2.24, 2.45) is 5.14 Å². The lowest BCUT2D eigenvalue weighted by Gasteiger charge is -2.31. The highest BCUT2D eigenvalue weighted by Crippen LogP contribution is 2.22. The number of primary sulfonamides is 1. The van der Waals surface area contributed by atoms with Gasteiger partial charge in [-0.2, -0.15) is 0 Å². The van der Waals surface area contributed by atoms with E-state index in [1.165, 1.54) is 6.07 Å². The molecule has 1 saturated heterocycles. The number of rotatable bonds is 3. The van der Waals surface area contributed by atoms with Gasteiger partial charge in [0.25, 0.3) is 0 Å². The number of sulfonamides is 1. The zero-order valence-electron chi connectivity index (χ0n) is 10.4. The Bertz CT molecular complexity index is 516. The van der Waals surface area contributed by atoms with E-state index in [0.717, 1.165) is 19.4 Å². The quantitative estimate of drug-likeness (QED) is 0.761. The minimum Gasteiger partial charge on any atom is -0.380 e. The van der Waals surface area contributed by atoms with Gasteiger partial charge in [-0.25, -0.2) is 13.6 Å². The van der Waals surface area contributed by atoms with Crippen molar-refractivity contribution in [3.8, 4) is 0 Å². The summed E-state index contributed by atoms with van der Waals surface area (Å²) >= 11 is 0. The summed E-state index contributed by atoms with van der Waals surface area (Å²) in [6.07, 6.45) is 2.10. The molecule has 0 saturated carbocycles. The van der Waals surface area contributed by atoms with Crippen molar-refractivity contribution >= 4 is 15.7 Å². The predicted molar refractivity (Wildman–Crippen MR) is 71.9 cm³/mol. The number of nitrogens with two attached hydrogens (primary N) is 1. The van der Waals surface area contributed by atoms with E-state index in [2.05, 4.69) is 17.6 Å². The minimum atomic E-state index is -3.68. The highest BCUT2D eigenvalue weighted by atomic mass is 32.2. The predicted octanol–water partition coefficient (Wildman–Crippen LogP) is 0.886. The maximum Gasteiger partial charge on any atom is 0.240 e. The fraction of sp³-hybridized carbons (Fsp3) is 0.500. The third-order valence-corrected chi connectivity index (χ3v) is 4.27. The average molecular weight is 269 g/mol. The van der Waals surface area contributed by atoms with E-state index in [1.54, 1.807) is 18.2 Å². The van der Waals surface area contributed by atoms with Gasteiger partial charge in [0, 0.05) is 12.1 Å². The maximum absolute atomic E-state index is 11.5. The molecule has 6 heteroatoms. The van der Waals surface area contributed by atoms with E-state index in [9.17, 15) is 8.42 Å². The standard InChI is InChI=1S/C12H19N3O2S/c1-9-10(6-4-8-14-9)15-11-5-2-3-7-12(11)18(13,16)17/h2-3,5,7,9-10,14-15H,4,6,8H2,1H3,(H2,13,16,17). The Morgan fingerprint density at radius 1 is 1.39 bits per heavy atom. The van der Waals surface area contributed by atoms with E-state index in [4.69, 9.17) is 5.14 Å². The fourth-order valence-electron chi connectivity index (χ4n) is 2.27. The summed E-state index contributed by atoms with van der Waals surface area (Å²) in [7, 11) is -3.68. The van der Waals surface area contributed by atoms with Crippen LogP contribution < -0.4 is 15.8 Å². The zero-order chi connectivity index (χ0) is 13.2. The Kier molecular flexibility index (Phi) is 3.89. The van der Waals surface area contributed by atoms with Crippen molar-refractivity contribution in [3.05, 3.63) is 24.3 Å². The van der Waals surface area contributed by atoms with E-state index >= 15 is 0 Å². The van der Waals surface area contributed by atoms with Crippen LogP contribution in [-0.2, 0) is 10.0 Å². The Hall–Kier alpha value is -1.11. The summed E-state index contributed by atoms with van der Waals surface area (Å²) in [5.74, 6) is 0. The Morgan fingerprint density at radius 3 is 2.78 bits per heavy atom. The molecule has 0 radical (unpaired) electrons. The number of benzene rings is 1. The molecular weight excluding hydrogens is 250 g/mol. The molecule has 0 amide bonds. The molecule has 0 aliphatic carbocycles. The van der Waals surface area contributed by atoms with Gasteiger partial charge in [0.05, 0.1) is 5.69 Å². The van der Waals surface area contributed by atoms with Crippen molar-refractivity contribution in [1.82, 2.24) is 5.32 Å². The molecule has 1 aromatic carbocycles. The van der Waals surface area contributed by atoms with Gasteiger partial charge in [-0.1, -0.05) is 12.1 Å². The first-order chi connectivity index (χ1) is 8.48. The maximum atomic E-state index is 11.5. The zero-order valence-corrected chi connectivity index (χ0v) is 11.2. The molecular formula is C12H19N3O2S. The van der Waals surface area contributed by atoms with Crippen LogP contribution in [0.1, 0.15) is 19.8 Å². The SMILES string of the molecule is CC1NCCCC1Nc1ccccc1S(N)(=O)=O. The van der Waals surface area contributed by atoms with Crippen LogP contribution in [0, 0.1) is 0 Å². The van der Waals surface area contributed by atoms with Gasteiger partial charge in [0.1, 0.15) is 4.90 Å². The molecule has 1 aliphatic heterocycles. The molecule has 4 N–H and O–H groups in total. The summed E-state index contributed by atoms with van der Waals surface area (Å²) in [6.45, 7) is 3.10. The van der Waals surface area contributed by atoms with Gasteiger partial charge >= 0.3 is 0 Å². The summed E-state index contributed by atoms with van der Waals surface area (Å²) in [5, 5.41) is 11.9. The first kappa shape index (κ1) is 13.3. The minimum absolute atomic E-state index is 0.155. The Morgan fingerprint density at radius 2 is 2.11 bits per heavy atom. The van der Waals surface area contributed by atoms with Crippen LogP contribution in [0.5, 0.6) is 0 Å². The number of piperidine rings is 1. The van der Waals surface area contributed by atoms with E-state index < -0.39 is 10.0 Å². The lowest BCUT2D eigenvalue weighted by molar-refractivity contribution is 0.389. The summed E-state index contributed by atoms with van der Waals surface area (Å²) in [4.78, 5) is 0.155. The molecule has 0 bridgehead atoms. The number of para-hydroxylation sites is 1. The average Bonchev–Trinajstić information content (AvgIpc) is 2.31. The van der Waals surface area contributed by atoms with Gasteiger partial charge in [0.15, 0.2) is 0 Å². The van der Waals surface area contributed by atoms with Gasteiger partial charge in [-0.3, -0.25) is 0 Å². The first-order valence-electron chi connectivity index (χ1n) is 6.10. The molecule has 0 aromatic heterocycles. The Balaban J connectivity index is 2.24. The second-order valence-corrected chi connectivity index (χ2v) is 6.21. The van der Waals surface area contributed by atoms with Crippen LogP contribution in [0.15, 0.2) is 29.2 Å². The monoisotopic (exact) mass is 269 g/mol. The first-order valence-corrected chi connectivity index (χ1v) is 7.65. The molecule has 1 aliphatic rings. The fourth-order valence-corrected chi connectivity index (χ4v) is 2.98. The van der Waals surface area contributed by atoms with Gasteiger partial charge in [0.2, 0.25) is 10.0 Å². The van der Waals surface area contributed by atoms with Crippen molar-refractivity contribution in [3.63, 3.8) is 0 Å². The molecule has 2 unspecified atom stereocenters. The number of anilines is 1. The molecule has 1 aromatic rings. The topological polar surface area (TPSA) is 84.2 Å². The van der Waals surface area contributed by atoms with Crippen LogP contribution in [0.4, 0.5) is 5.69 Å². The Labute approximate surface area is 108 Å². The normalized spacial score (nSPS) is 24.8. The molecule has 5 nitrogen and oxygen atoms in total. The summed E-state index contributed by atoms with van der Waals surface area (Å²) in [6, 6.07) is 7.29. The van der Waals surface area contributed by atoms with Crippen LogP contribution in [0.25, 0.3) is 0 Å². The van der Waals surface area contributed by atoms with E-state index in [1.807, 2.05) is 0 Å². The second kappa shape index (κ2) is 5.26. The summed E-state index contributed by atoms with van der Waals surface area (Å²) in [5.41, 5.74) is 0.584. The molecule has 2 atom stereocenters. The molecule has 0 spiro atoms. The molecule has 18 heavy (non-hydrogen) atoms. The third kappa shape index (κ3) is 3.01. The smallest absolute Gasteiger partial charge is 0.240 e. The van der Waals surface area contributed by atoms with Crippen LogP contribution in [0.2, 0.25) is 0 Å². The van der Waals surface area contributed by atoms with E-state index in [-0.39, 0.29) is 10.9 Å². The lowest BCUT2D eigenvalue weighted by atomic mass is 9.99. The van der Waals surface area contributed by atoms with Crippen LogP contribution in [-0.4, -0.2) is 27.0 Å². The van der Waals surface area contributed by atoms with Crippen molar-refractivity contribution in [1.29, 1.82) is 0 Å². The largest absolute Gasteiger partial charge is 0.380 e. The highest BCUT2D eigenvalue weighted by molar-refractivity contribution is 7.89. The highest BCUT2D eigenvalue weighted by Gasteiger charge is 2.22. The molecule has 2 rings (SSSR count). The van der Waals surface area contributed by atoms with Crippen molar-refractivity contribution < 1.29 is 8.42 Å². The third-order valence-electron chi connectivity index (χ3n) is 3.30. The molecule has 1 heterocycles. The van der Waals surface area contributed by atoms with Crippen LogP contribution >= 0.6 is 0 Å².